The molecule has 290 valence electrons. The van der Waals surface area contributed by atoms with Crippen LogP contribution < -0.4 is 25.5 Å². The summed E-state index contributed by atoms with van der Waals surface area (Å²) in [7, 11) is 0. The average molecular weight is 787 g/mol. The molecule has 0 saturated heterocycles. The monoisotopic (exact) mass is 786 g/mol. The summed E-state index contributed by atoms with van der Waals surface area (Å²) in [5.41, 5.74) is 17.4. The molecule has 10 rings (SSSR count). The summed E-state index contributed by atoms with van der Waals surface area (Å²) >= 11 is 9.49. The number of hydrogen-bond donors (Lipinski definition) is 0. The zero-order valence-electron chi connectivity index (χ0n) is 35.7. The third-order valence-corrected chi connectivity index (χ3v) is 15.9. The Bertz CT molecular complexity index is 2650. The minimum Gasteiger partial charge on any atom is -0.335 e. The van der Waals surface area contributed by atoms with Gasteiger partial charge in [-0.05, 0) is 111 Å². The first kappa shape index (κ1) is 37.3. The minimum atomic E-state index is -0.0707. The second kappa shape index (κ2) is 12.0. The van der Waals surface area contributed by atoms with Crippen molar-refractivity contribution in [3.05, 3.63) is 118 Å². The molecule has 1 fully saturated rings. The lowest BCUT2D eigenvalue weighted by Gasteiger charge is -2.52. The highest BCUT2D eigenvalue weighted by molar-refractivity contribution is 7.33. The van der Waals surface area contributed by atoms with Crippen LogP contribution >= 0.6 is 22.9 Å². The summed E-state index contributed by atoms with van der Waals surface area (Å²) in [5.74, 6) is 0. The Labute approximate surface area is 350 Å². The molecule has 2 atom stereocenters. The van der Waals surface area contributed by atoms with Crippen molar-refractivity contribution >= 4 is 83.9 Å². The molecule has 5 heteroatoms. The van der Waals surface area contributed by atoms with Crippen LogP contribution in [0.25, 0.3) is 21.2 Å². The van der Waals surface area contributed by atoms with E-state index in [1.165, 1.54) is 101 Å². The largest absolute Gasteiger partial charge is 0.335 e. The van der Waals surface area contributed by atoms with E-state index in [2.05, 4.69) is 177 Å². The maximum atomic E-state index is 7.49. The maximum Gasteiger partial charge on any atom is 0.264 e. The van der Waals surface area contributed by atoms with Crippen LogP contribution in [0.5, 0.6) is 0 Å². The Morgan fingerprint density at radius 2 is 1.30 bits per heavy atom. The van der Waals surface area contributed by atoms with Crippen LogP contribution in [0.15, 0.2) is 91.0 Å². The number of rotatable bonds is 2. The molecule has 0 spiro atoms. The molecular formula is C52H56BClN2S. The van der Waals surface area contributed by atoms with E-state index >= 15 is 0 Å². The van der Waals surface area contributed by atoms with Crippen LogP contribution in [-0.4, -0.2) is 12.3 Å². The van der Waals surface area contributed by atoms with Crippen molar-refractivity contribution in [1.82, 2.24) is 0 Å². The number of benzene rings is 5. The number of thiophene rings is 1. The van der Waals surface area contributed by atoms with Gasteiger partial charge in [-0.1, -0.05) is 148 Å². The molecule has 5 aromatic carbocycles. The highest BCUT2D eigenvalue weighted by atomic mass is 35.5. The summed E-state index contributed by atoms with van der Waals surface area (Å²) in [6.07, 6.45) is 4.87. The van der Waals surface area contributed by atoms with E-state index in [0.717, 1.165) is 11.4 Å². The second-order valence-electron chi connectivity index (χ2n) is 21.1. The fraction of sp³-hybridized carbons (Fsp3) is 0.385. The quantitative estimate of drug-likeness (QED) is 0.161. The maximum absolute atomic E-state index is 7.49. The molecule has 1 saturated carbocycles. The van der Waals surface area contributed by atoms with Crippen LogP contribution in [0.2, 0.25) is 5.02 Å². The zero-order valence-corrected chi connectivity index (χ0v) is 37.3. The Morgan fingerprint density at radius 1 is 0.649 bits per heavy atom. The summed E-state index contributed by atoms with van der Waals surface area (Å²) < 4.78 is 2.77. The lowest BCUT2D eigenvalue weighted by atomic mass is 9.36. The molecule has 0 radical (unpaired) electrons. The topological polar surface area (TPSA) is 6.48 Å². The highest BCUT2D eigenvalue weighted by Crippen LogP contribution is 2.63. The van der Waals surface area contributed by atoms with Gasteiger partial charge in [0.25, 0.3) is 6.71 Å². The molecule has 3 aliphatic heterocycles. The van der Waals surface area contributed by atoms with Gasteiger partial charge in [-0.3, -0.25) is 0 Å². The number of halogens is 1. The van der Waals surface area contributed by atoms with Crippen LogP contribution in [0.1, 0.15) is 124 Å². The first-order valence-corrected chi connectivity index (χ1v) is 22.4. The third kappa shape index (κ3) is 5.21. The van der Waals surface area contributed by atoms with Gasteiger partial charge in [-0.2, -0.15) is 0 Å². The average Bonchev–Trinajstić information content (AvgIpc) is 3.62. The van der Waals surface area contributed by atoms with Crippen LogP contribution in [0, 0.1) is 0 Å². The van der Waals surface area contributed by atoms with E-state index in [1.807, 2.05) is 11.3 Å². The lowest BCUT2D eigenvalue weighted by Crippen LogP contribution is -2.64. The van der Waals surface area contributed by atoms with Crippen molar-refractivity contribution in [3.63, 3.8) is 0 Å². The van der Waals surface area contributed by atoms with Gasteiger partial charge in [0, 0.05) is 47.9 Å². The number of anilines is 5. The summed E-state index contributed by atoms with van der Waals surface area (Å²) in [5, 5.41) is 2.12. The summed E-state index contributed by atoms with van der Waals surface area (Å²) in [6.45, 7) is 26.4. The van der Waals surface area contributed by atoms with Crippen LogP contribution in [0.4, 0.5) is 28.4 Å². The molecule has 1 aromatic heterocycles. The summed E-state index contributed by atoms with van der Waals surface area (Å²) in [4.78, 5) is 5.44. The van der Waals surface area contributed by atoms with E-state index in [9.17, 15) is 0 Å². The molecule has 2 nitrogen and oxygen atoms in total. The second-order valence-corrected chi connectivity index (χ2v) is 22.6. The zero-order chi connectivity index (χ0) is 40.2. The standard InChI is InChI=1S/C52H56BClN2S/c1-48(2,3)32-19-21-40(36(25-32)31-17-13-12-14-18-31)55-41-29-35(54)30-42-44(41)53(47-45(55)37-26-33(49(4,5)6)20-22-43(37)57-47)39-28-34(50(7,8)9)27-38-46(39)56(42)52(11)24-16-15-23-51(38,52)10/h12-14,17-22,25-30H,15-16,23-24H2,1-11H3. The van der Waals surface area contributed by atoms with E-state index < -0.39 is 0 Å². The van der Waals surface area contributed by atoms with Gasteiger partial charge in [-0.25, -0.2) is 0 Å². The predicted molar refractivity (Wildman–Crippen MR) is 251 cm³/mol. The van der Waals surface area contributed by atoms with Crippen LogP contribution in [-0.2, 0) is 21.7 Å². The Morgan fingerprint density at radius 3 is 2.00 bits per heavy atom. The number of fused-ring (bicyclic) bond motifs is 9. The van der Waals surface area contributed by atoms with E-state index in [1.54, 1.807) is 5.56 Å². The molecule has 2 unspecified atom stereocenters. The van der Waals surface area contributed by atoms with Crippen molar-refractivity contribution < 1.29 is 0 Å². The first-order valence-electron chi connectivity index (χ1n) is 21.2. The molecule has 4 aliphatic rings. The smallest absolute Gasteiger partial charge is 0.264 e. The fourth-order valence-electron chi connectivity index (χ4n) is 11.0. The van der Waals surface area contributed by atoms with Gasteiger partial charge in [0.05, 0.1) is 16.9 Å². The van der Waals surface area contributed by atoms with Gasteiger partial charge in [0.15, 0.2) is 0 Å². The van der Waals surface area contributed by atoms with Crippen LogP contribution in [0.3, 0.4) is 0 Å². The molecule has 6 aromatic rings. The molecule has 0 bridgehead atoms. The molecular weight excluding hydrogens is 731 g/mol. The fourth-order valence-corrected chi connectivity index (χ4v) is 12.5. The normalized spacial score (nSPS) is 21.1. The van der Waals surface area contributed by atoms with Gasteiger partial charge < -0.3 is 9.80 Å². The Balaban J connectivity index is 1.37. The number of hydrogen-bond acceptors (Lipinski definition) is 3. The van der Waals surface area contributed by atoms with Crippen molar-refractivity contribution in [2.45, 2.75) is 129 Å². The Hall–Kier alpha value is -3.99. The predicted octanol–water partition coefficient (Wildman–Crippen LogP) is 13.5. The number of nitrogens with zero attached hydrogens (tertiary/aromatic N) is 2. The summed E-state index contributed by atoms with van der Waals surface area (Å²) in [6, 6.07) is 35.3. The molecule has 4 heterocycles. The van der Waals surface area contributed by atoms with Crippen molar-refractivity contribution in [2.75, 3.05) is 9.80 Å². The molecule has 0 N–H and O–H groups in total. The lowest BCUT2D eigenvalue weighted by molar-refractivity contribution is 0.195. The van der Waals surface area contributed by atoms with Crippen molar-refractivity contribution in [1.29, 1.82) is 0 Å². The van der Waals surface area contributed by atoms with E-state index in [0.29, 0.717) is 0 Å². The van der Waals surface area contributed by atoms with E-state index in [-0.39, 0.29) is 33.9 Å². The SMILES string of the molecule is CC(C)(C)c1ccc(N2c3cc(Cl)cc4c3B(c3cc(C(C)(C)C)cc5c3N4C3(C)CCCCC53C)c3sc4ccc(C(C)(C)C)cc4c32)c(-c2ccccc2)c1. The highest BCUT2D eigenvalue weighted by Gasteiger charge is 2.62. The van der Waals surface area contributed by atoms with Gasteiger partial charge in [-0.15, -0.1) is 11.3 Å². The minimum absolute atomic E-state index is 0.00382. The molecule has 57 heavy (non-hydrogen) atoms. The van der Waals surface area contributed by atoms with Gasteiger partial charge in [0.2, 0.25) is 0 Å². The van der Waals surface area contributed by atoms with Crippen molar-refractivity contribution in [3.8, 4) is 11.1 Å². The third-order valence-electron chi connectivity index (χ3n) is 14.5. The van der Waals surface area contributed by atoms with Gasteiger partial charge in [0.1, 0.15) is 0 Å². The molecule has 1 aliphatic carbocycles. The van der Waals surface area contributed by atoms with E-state index in [4.69, 9.17) is 11.6 Å². The first-order chi connectivity index (χ1) is 26.8. The van der Waals surface area contributed by atoms with Gasteiger partial charge >= 0.3 is 0 Å². The Kier molecular flexibility index (Phi) is 7.88. The molecule has 0 amide bonds. The van der Waals surface area contributed by atoms with Crippen molar-refractivity contribution in [2.24, 2.45) is 0 Å².